The number of rotatable bonds is 2. The Labute approximate surface area is 101 Å². The van der Waals surface area contributed by atoms with Crippen LogP contribution in [0.25, 0.3) is 0 Å². The smallest absolute Gasteiger partial charge is 0.308 e. The molecular formula is C12H16ClNO2. The van der Waals surface area contributed by atoms with Gasteiger partial charge in [-0.05, 0) is 24.9 Å². The predicted molar refractivity (Wildman–Crippen MR) is 64.8 cm³/mol. The predicted octanol–water partition coefficient (Wildman–Crippen LogP) is 2.23. The third-order valence-corrected chi connectivity index (χ3v) is 2.93. The molecule has 2 N–H and O–H groups in total. The average molecular weight is 242 g/mol. The molecule has 4 heteroatoms. The number of piperidine rings is 1. The Bertz CT molecular complexity index is 342. The van der Waals surface area contributed by atoms with Crippen LogP contribution in [-0.2, 0) is 4.79 Å². The van der Waals surface area contributed by atoms with Crippen molar-refractivity contribution in [3.8, 4) is 0 Å². The van der Waals surface area contributed by atoms with Gasteiger partial charge >= 0.3 is 5.97 Å². The van der Waals surface area contributed by atoms with Crippen molar-refractivity contribution in [2.45, 2.75) is 18.9 Å². The molecule has 0 aliphatic carbocycles. The summed E-state index contributed by atoms with van der Waals surface area (Å²) in [6.45, 7) is 0.906. The van der Waals surface area contributed by atoms with Crippen molar-refractivity contribution in [1.29, 1.82) is 0 Å². The van der Waals surface area contributed by atoms with E-state index < -0.39 is 5.97 Å². The third kappa shape index (κ3) is 2.74. The van der Waals surface area contributed by atoms with E-state index in [4.69, 9.17) is 5.11 Å². The summed E-state index contributed by atoms with van der Waals surface area (Å²) in [6, 6.07) is 9.78. The molecular weight excluding hydrogens is 226 g/mol. The summed E-state index contributed by atoms with van der Waals surface area (Å²) in [5.74, 6) is -0.989. The molecule has 1 aliphatic rings. The van der Waals surface area contributed by atoms with Crippen molar-refractivity contribution < 1.29 is 9.90 Å². The van der Waals surface area contributed by atoms with Gasteiger partial charge in [-0.1, -0.05) is 30.3 Å². The first-order chi connectivity index (χ1) is 7.29. The minimum Gasteiger partial charge on any atom is -0.481 e. The van der Waals surface area contributed by atoms with Crippen molar-refractivity contribution >= 4 is 18.4 Å². The number of hydrogen-bond donors (Lipinski definition) is 2. The summed E-state index contributed by atoms with van der Waals surface area (Å²) in [4.78, 5) is 11.1. The summed E-state index contributed by atoms with van der Waals surface area (Å²) in [5, 5.41) is 12.4. The van der Waals surface area contributed by atoms with Crippen molar-refractivity contribution in [2.75, 3.05) is 6.54 Å². The zero-order chi connectivity index (χ0) is 10.7. The largest absolute Gasteiger partial charge is 0.481 e. The van der Waals surface area contributed by atoms with Gasteiger partial charge in [0.1, 0.15) is 0 Å². The van der Waals surface area contributed by atoms with Gasteiger partial charge in [-0.2, -0.15) is 0 Å². The number of benzene rings is 1. The van der Waals surface area contributed by atoms with E-state index in [0.29, 0.717) is 0 Å². The molecule has 16 heavy (non-hydrogen) atoms. The van der Waals surface area contributed by atoms with Crippen LogP contribution in [0.3, 0.4) is 0 Å². The van der Waals surface area contributed by atoms with Gasteiger partial charge in [0.2, 0.25) is 0 Å². The lowest BCUT2D eigenvalue weighted by Crippen LogP contribution is -2.38. The molecule has 0 spiro atoms. The average Bonchev–Trinajstić information content (AvgIpc) is 2.30. The minimum absolute atomic E-state index is 0. The van der Waals surface area contributed by atoms with Gasteiger partial charge in [0.15, 0.2) is 0 Å². The zero-order valence-electron chi connectivity index (χ0n) is 8.93. The van der Waals surface area contributed by atoms with Gasteiger partial charge in [0.25, 0.3) is 0 Å². The van der Waals surface area contributed by atoms with Crippen molar-refractivity contribution in [2.24, 2.45) is 5.92 Å². The van der Waals surface area contributed by atoms with Crippen LogP contribution in [0.4, 0.5) is 0 Å². The fourth-order valence-corrected chi connectivity index (χ4v) is 2.17. The Hall–Kier alpha value is -1.06. The number of hydrogen-bond acceptors (Lipinski definition) is 2. The highest BCUT2D eigenvalue weighted by Crippen LogP contribution is 2.29. The van der Waals surface area contributed by atoms with E-state index in [-0.39, 0.29) is 24.4 Å². The molecule has 2 atom stereocenters. The van der Waals surface area contributed by atoms with Gasteiger partial charge < -0.3 is 10.4 Å². The summed E-state index contributed by atoms with van der Waals surface area (Å²) in [7, 11) is 0. The van der Waals surface area contributed by atoms with E-state index >= 15 is 0 Å². The summed E-state index contributed by atoms with van der Waals surface area (Å²) in [5.41, 5.74) is 1.07. The topological polar surface area (TPSA) is 49.3 Å². The molecule has 0 aromatic heterocycles. The lowest BCUT2D eigenvalue weighted by molar-refractivity contribution is -0.143. The van der Waals surface area contributed by atoms with E-state index in [9.17, 15) is 4.79 Å². The molecule has 1 fully saturated rings. The van der Waals surface area contributed by atoms with Crippen LogP contribution in [-0.4, -0.2) is 17.6 Å². The second-order valence-electron chi connectivity index (χ2n) is 3.93. The molecule has 1 aliphatic heterocycles. The highest BCUT2D eigenvalue weighted by Gasteiger charge is 2.31. The highest BCUT2D eigenvalue weighted by molar-refractivity contribution is 5.85. The second kappa shape index (κ2) is 5.87. The van der Waals surface area contributed by atoms with Crippen molar-refractivity contribution in [3.63, 3.8) is 0 Å². The first kappa shape index (κ1) is 13.0. The first-order valence-corrected chi connectivity index (χ1v) is 5.30. The van der Waals surface area contributed by atoms with Crippen LogP contribution in [0.15, 0.2) is 30.3 Å². The summed E-state index contributed by atoms with van der Waals surface area (Å²) >= 11 is 0. The van der Waals surface area contributed by atoms with Crippen LogP contribution in [0.5, 0.6) is 0 Å². The molecule has 88 valence electrons. The molecule has 1 saturated heterocycles. The molecule has 2 rings (SSSR count). The van der Waals surface area contributed by atoms with E-state index in [1.165, 1.54) is 0 Å². The van der Waals surface area contributed by atoms with Crippen LogP contribution in [0, 0.1) is 5.92 Å². The molecule has 3 nitrogen and oxygen atoms in total. The normalized spacial score (nSPS) is 24.5. The van der Waals surface area contributed by atoms with Gasteiger partial charge in [0, 0.05) is 6.04 Å². The number of carboxylic acids is 1. The maximum Gasteiger partial charge on any atom is 0.308 e. The number of halogens is 1. The van der Waals surface area contributed by atoms with Crippen LogP contribution < -0.4 is 5.32 Å². The fourth-order valence-electron chi connectivity index (χ4n) is 2.17. The maximum atomic E-state index is 11.1. The molecule has 0 saturated carbocycles. The van der Waals surface area contributed by atoms with Crippen molar-refractivity contribution in [1.82, 2.24) is 5.32 Å². The van der Waals surface area contributed by atoms with E-state index in [1.54, 1.807) is 0 Å². The van der Waals surface area contributed by atoms with Crippen LogP contribution in [0.1, 0.15) is 24.4 Å². The van der Waals surface area contributed by atoms with Gasteiger partial charge in [0.05, 0.1) is 5.92 Å². The standard InChI is InChI=1S/C12H15NO2.ClH/c14-12(15)10-7-4-8-13-11(10)9-5-2-1-3-6-9;/h1-3,5-6,10-11,13H,4,7-8H2,(H,14,15);1H/t10-,11-;/m1./s1. The maximum absolute atomic E-state index is 11.1. The third-order valence-electron chi connectivity index (χ3n) is 2.93. The van der Waals surface area contributed by atoms with E-state index in [2.05, 4.69) is 5.32 Å². The summed E-state index contributed by atoms with van der Waals surface area (Å²) in [6.07, 6.45) is 1.71. The second-order valence-corrected chi connectivity index (χ2v) is 3.93. The van der Waals surface area contributed by atoms with E-state index in [0.717, 1.165) is 24.9 Å². The Balaban J connectivity index is 0.00000128. The summed E-state index contributed by atoms with van der Waals surface area (Å²) < 4.78 is 0. The number of aliphatic carboxylic acids is 1. The lowest BCUT2D eigenvalue weighted by atomic mass is 9.86. The Morgan fingerprint density at radius 2 is 2.00 bits per heavy atom. The quantitative estimate of drug-likeness (QED) is 0.835. The Morgan fingerprint density at radius 1 is 1.31 bits per heavy atom. The SMILES string of the molecule is Cl.O=C(O)[C@@H]1CCCN[C@@H]1c1ccccc1. The molecule has 0 amide bonds. The van der Waals surface area contributed by atoms with E-state index in [1.807, 2.05) is 30.3 Å². The molecule has 0 bridgehead atoms. The van der Waals surface area contributed by atoms with Gasteiger partial charge in [-0.3, -0.25) is 4.79 Å². The first-order valence-electron chi connectivity index (χ1n) is 5.30. The molecule has 0 radical (unpaired) electrons. The number of nitrogens with one attached hydrogen (secondary N) is 1. The lowest BCUT2D eigenvalue weighted by Gasteiger charge is -2.30. The minimum atomic E-state index is -0.698. The monoisotopic (exact) mass is 241 g/mol. The van der Waals surface area contributed by atoms with Gasteiger partial charge in [-0.15, -0.1) is 12.4 Å². The zero-order valence-corrected chi connectivity index (χ0v) is 9.74. The Kier molecular flexibility index (Phi) is 4.77. The number of carboxylic acid groups (broad SMARTS) is 1. The molecule has 1 heterocycles. The molecule has 1 aromatic rings. The van der Waals surface area contributed by atoms with Crippen LogP contribution >= 0.6 is 12.4 Å². The molecule has 1 aromatic carbocycles. The molecule has 0 unspecified atom stereocenters. The Morgan fingerprint density at radius 3 is 2.62 bits per heavy atom. The van der Waals surface area contributed by atoms with Crippen LogP contribution in [0.2, 0.25) is 0 Å². The highest BCUT2D eigenvalue weighted by atomic mass is 35.5. The van der Waals surface area contributed by atoms with Gasteiger partial charge in [-0.25, -0.2) is 0 Å². The fraction of sp³-hybridized carbons (Fsp3) is 0.417. The number of carbonyl (C=O) groups is 1. The van der Waals surface area contributed by atoms with Crippen molar-refractivity contribution in [3.05, 3.63) is 35.9 Å².